The van der Waals surface area contributed by atoms with Gasteiger partial charge in [0.25, 0.3) is 0 Å². The molecule has 3 rings (SSSR count). The fourth-order valence-corrected chi connectivity index (χ4v) is 3.80. The zero-order chi connectivity index (χ0) is 21.6. The van der Waals surface area contributed by atoms with E-state index in [-0.39, 0.29) is 18.1 Å². The van der Waals surface area contributed by atoms with Crippen LogP contribution in [0.5, 0.6) is 5.75 Å². The molecule has 2 N–H and O–H groups in total. The van der Waals surface area contributed by atoms with Gasteiger partial charge in [-0.3, -0.25) is 9.91 Å². The van der Waals surface area contributed by atoms with Gasteiger partial charge in [-0.05, 0) is 42.5 Å². The minimum Gasteiger partial charge on any atom is -0.489 e. The van der Waals surface area contributed by atoms with Gasteiger partial charge >= 0.3 is 6.03 Å². The Bertz CT molecular complexity index is 831. The van der Waals surface area contributed by atoms with Crippen molar-refractivity contribution in [3.05, 3.63) is 59.6 Å². The summed E-state index contributed by atoms with van der Waals surface area (Å²) in [6, 6.07) is 16.9. The molecule has 0 bridgehead atoms. The molecule has 1 aliphatic heterocycles. The lowest BCUT2D eigenvalue weighted by Crippen LogP contribution is -2.43. The van der Waals surface area contributed by atoms with Crippen molar-refractivity contribution in [1.29, 1.82) is 0 Å². The van der Waals surface area contributed by atoms with Gasteiger partial charge in [0, 0.05) is 18.8 Å². The first-order valence-electron chi connectivity index (χ1n) is 10.3. The van der Waals surface area contributed by atoms with E-state index in [1.807, 2.05) is 42.5 Å². The summed E-state index contributed by atoms with van der Waals surface area (Å²) < 4.78 is 5.64. The topological polar surface area (TPSA) is 65.0 Å². The second-order valence-electron chi connectivity index (χ2n) is 8.34. The number of hydrogen-bond donors (Lipinski definition) is 2. The van der Waals surface area contributed by atoms with Gasteiger partial charge in [-0.25, -0.2) is 10.2 Å². The third kappa shape index (κ3) is 6.11. The molecule has 30 heavy (non-hydrogen) atoms. The summed E-state index contributed by atoms with van der Waals surface area (Å²) in [6.07, 6.45) is 0.798. The number of ether oxygens (including phenoxy) is 1. The Balaban J connectivity index is 1.40. The highest BCUT2D eigenvalue weighted by atomic mass is 35.5. The Labute approximate surface area is 183 Å². The van der Waals surface area contributed by atoms with Gasteiger partial charge in [0.15, 0.2) is 0 Å². The number of hydrazine groups is 1. The van der Waals surface area contributed by atoms with Crippen LogP contribution in [0.2, 0.25) is 5.02 Å². The average Bonchev–Trinajstić information content (AvgIpc) is 3.08. The fourth-order valence-electron chi connectivity index (χ4n) is 3.61. The standard InChI is InChI=1S/C23H30ClN3O3/c1-23(2,16-19(28)17-30-21-11-7-6-10-20(21)24)12-13-25-27-15-14-26(22(27)29)18-8-4-3-5-9-18/h3-11,19,25,28H,12-17H2,1-2H3. The van der Waals surface area contributed by atoms with E-state index >= 15 is 0 Å². The van der Waals surface area contributed by atoms with Crippen molar-refractivity contribution in [1.82, 2.24) is 10.4 Å². The molecule has 0 spiro atoms. The lowest BCUT2D eigenvalue weighted by atomic mass is 9.83. The van der Waals surface area contributed by atoms with E-state index in [1.165, 1.54) is 0 Å². The van der Waals surface area contributed by atoms with Gasteiger partial charge in [-0.1, -0.05) is 55.8 Å². The number of urea groups is 1. The van der Waals surface area contributed by atoms with Crippen LogP contribution in [0.25, 0.3) is 0 Å². The fraction of sp³-hybridized carbons (Fsp3) is 0.435. The number of para-hydroxylation sites is 2. The maximum Gasteiger partial charge on any atom is 0.338 e. The van der Waals surface area contributed by atoms with Crippen molar-refractivity contribution in [3.63, 3.8) is 0 Å². The highest BCUT2D eigenvalue weighted by Crippen LogP contribution is 2.28. The van der Waals surface area contributed by atoms with Gasteiger partial charge < -0.3 is 9.84 Å². The third-order valence-electron chi connectivity index (χ3n) is 5.24. The number of amides is 2. The number of nitrogens with zero attached hydrogens (tertiary/aromatic N) is 2. The number of halogens is 1. The van der Waals surface area contributed by atoms with Crippen LogP contribution in [-0.2, 0) is 0 Å². The van der Waals surface area contributed by atoms with E-state index in [4.69, 9.17) is 16.3 Å². The molecule has 0 aliphatic carbocycles. The summed E-state index contributed by atoms with van der Waals surface area (Å²) in [7, 11) is 0. The molecule has 0 aromatic heterocycles. The number of aliphatic hydroxyl groups is 1. The monoisotopic (exact) mass is 431 g/mol. The Hall–Kier alpha value is -2.28. The number of anilines is 1. The van der Waals surface area contributed by atoms with E-state index in [1.54, 1.807) is 22.0 Å². The minimum absolute atomic E-state index is 0.0350. The van der Waals surface area contributed by atoms with Gasteiger partial charge in [-0.15, -0.1) is 0 Å². The van der Waals surface area contributed by atoms with E-state index in [0.717, 1.165) is 12.1 Å². The second-order valence-corrected chi connectivity index (χ2v) is 8.75. The molecule has 1 saturated heterocycles. The molecular weight excluding hydrogens is 402 g/mol. The van der Waals surface area contributed by atoms with Crippen LogP contribution < -0.4 is 15.1 Å². The summed E-state index contributed by atoms with van der Waals surface area (Å²) in [4.78, 5) is 14.4. The Morgan fingerprint density at radius 3 is 2.57 bits per heavy atom. The van der Waals surface area contributed by atoms with Crippen LogP contribution in [-0.4, -0.2) is 48.5 Å². The predicted molar refractivity (Wildman–Crippen MR) is 120 cm³/mol. The van der Waals surface area contributed by atoms with Crippen molar-refractivity contribution in [2.45, 2.75) is 32.8 Å². The molecule has 7 heteroatoms. The zero-order valence-corrected chi connectivity index (χ0v) is 18.3. The molecule has 1 atom stereocenters. The van der Waals surface area contributed by atoms with Crippen molar-refractivity contribution in [2.24, 2.45) is 5.41 Å². The molecule has 1 heterocycles. The first kappa shape index (κ1) is 22.4. The Kier molecular flexibility index (Phi) is 7.58. The van der Waals surface area contributed by atoms with Crippen molar-refractivity contribution in [3.8, 4) is 5.75 Å². The minimum atomic E-state index is -0.599. The Morgan fingerprint density at radius 2 is 1.83 bits per heavy atom. The molecule has 1 fully saturated rings. The SMILES string of the molecule is CC(C)(CCNN1CCN(c2ccccc2)C1=O)CC(O)COc1ccccc1Cl. The highest BCUT2D eigenvalue weighted by Gasteiger charge is 2.30. The van der Waals surface area contributed by atoms with Crippen LogP contribution in [0.3, 0.4) is 0 Å². The van der Waals surface area contributed by atoms with Crippen molar-refractivity contribution >= 4 is 23.3 Å². The lowest BCUT2D eigenvalue weighted by molar-refractivity contribution is 0.0620. The number of hydrogen-bond acceptors (Lipinski definition) is 4. The average molecular weight is 432 g/mol. The Morgan fingerprint density at radius 1 is 1.13 bits per heavy atom. The van der Waals surface area contributed by atoms with E-state index < -0.39 is 6.10 Å². The normalized spacial score (nSPS) is 15.5. The van der Waals surface area contributed by atoms with Gasteiger partial charge in [0.2, 0.25) is 0 Å². The number of carbonyl (C=O) groups is 1. The second kappa shape index (κ2) is 10.2. The summed E-state index contributed by atoms with van der Waals surface area (Å²) in [5.74, 6) is 0.577. The summed E-state index contributed by atoms with van der Waals surface area (Å²) in [5.41, 5.74) is 4.04. The number of rotatable bonds is 10. The summed E-state index contributed by atoms with van der Waals surface area (Å²) in [6.45, 7) is 6.36. The molecule has 0 saturated carbocycles. The first-order chi connectivity index (χ1) is 14.4. The van der Waals surface area contributed by atoms with E-state index in [2.05, 4.69) is 19.3 Å². The number of carbonyl (C=O) groups excluding carboxylic acids is 1. The summed E-state index contributed by atoms with van der Waals surface area (Å²) >= 11 is 6.08. The first-order valence-corrected chi connectivity index (χ1v) is 10.7. The van der Waals surface area contributed by atoms with Crippen LogP contribution >= 0.6 is 11.6 Å². The molecule has 6 nitrogen and oxygen atoms in total. The largest absolute Gasteiger partial charge is 0.489 e. The van der Waals surface area contributed by atoms with Crippen LogP contribution in [0, 0.1) is 5.41 Å². The molecule has 2 amide bonds. The molecule has 1 aliphatic rings. The smallest absolute Gasteiger partial charge is 0.338 e. The van der Waals surface area contributed by atoms with E-state index in [9.17, 15) is 9.90 Å². The maximum absolute atomic E-state index is 12.6. The molecule has 2 aromatic carbocycles. The van der Waals surface area contributed by atoms with Crippen molar-refractivity contribution < 1.29 is 14.6 Å². The molecule has 2 aromatic rings. The zero-order valence-electron chi connectivity index (χ0n) is 17.6. The maximum atomic E-state index is 12.6. The molecule has 0 radical (unpaired) electrons. The molecular formula is C23H30ClN3O3. The third-order valence-corrected chi connectivity index (χ3v) is 5.55. The van der Waals surface area contributed by atoms with Crippen LogP contribution in [0.1, 0.15) is 26.7 Å². The van der Waals surface area contributed by atoms with E-state index in [0.29, 0.717) is 36.8 Å². The van der Waals surface area contributed by atoms with Crippen LogP contribution in [0.15, 0.2) is 54.6 Å². The molecule has 1 unspecified atom stereocenters. The van der Waals surface area contributed by atoms with Crippen molar-refractivity contribution in [2.75, 3.05) is 31.1 Å². The van der Waals surface area contributed by atoms with Crippen LogP contribution in [0.4, 0.5) is 10.5 Å². The molecule has 162 valence electrons. The van der Waals surface area contributed by atoms with Gasteiger partial charge in [-0.2, -0.15) is 0 Å². The lowest BCUT2D eigenvalue weighted by Gasteiger charge is -2.28. The van der Waals surface area contributed by atoms with Gasteiger partial charge in [0.05, 0.1) is 17.7 Å². The predicted octanol–water partition coefficient (Wildman–Crippen LogP) is 4.33. The number of aliphatic hydroxyl groups excluding tert-OH is 1. The highest BCUT2D eigenvalue weighted by molar-refractivity contribution is 6.32. The quantitative estimate of drug-likeness (QED) is 0.587. The number of benzene rings is 2. The van der Waals surface area contributed by atoms with Gasteiger partial charge in [0.1, 0.15) is 12.4 Å². The summed E-state index contributed by atoms with van der Waals surface area (Å²) in [5, 5.41) is 12.6. The number of nitrogens with one attached hydrogen (secondary N) is 1.